The van der Waals surface area contributed by atoms with Crippen LogP contribution < -0.4 is 0 Å². The van der Waals surface area contributed by atoms with Gasteiger partial charge in [0.15, 0.2) is 11.6 Å². The highest BCUT2D eigenvalue weighted by Gasteiger charge is 2.16. The van der Waals surface area contributed by atoms with E-state index in [1.165, 1.54) is 5.56 Å². The summed E-state index contributed by atoms with van der Waals surface area (Å²) in [5.74, 6) is 2.42. The van der Waals surface area contributed by atoms with Gasteiger partial charge in [0, 0.05) is 6.54 Å². The lowest BCUT2D eigenvalue weighted by Crippen LogP contribution is -2.01. The molecule has 1 N–H and O–H groups in total. The molecule has 0 aliphatic rings. The molecule has 0 aliphatic carbocycles. The summed E-state index contributed by atoms with van der Waals surface area (Å²) in [6, 6.07) is 20.1. The minimum atomic E-state index is 0.0106. The Morgan fingerprint density at radius 1 is 1.00 bits per heavy atom. The van der Waals surface area contributed by atoms with Crippen LogP contribution in [0, 0.1) is 6.92 Å². The van der Waals surface area contributed by atoms with Crippen LogP contribution in [0.15, 0.2) is 65.1 Å². The molecule has 2 aromatic heterocycles. The first kappa shape index (κ1) is 14.7. The first-order chi connectivity index (χ1) is 11.7. The maximum absolute atomic E-state index is 9.38. The Kier molecular flexibility index (Phi) is 3.67. The van der Waals surface area contributed by atoms with E-state index in [4.69, 9.17) is 9.40 Å². The van der Waals surface area contributed by atoms with E-state index in [1.807, 2.05) is 55.5 Å². The van der Waals surface area contributed by atoms with Crippen molar-refractivity contribution in [3.8, 4) is 11.6 Å². The fourth-order valence-corrected chi connectivity index (χ4v) is 2.94. The molecule has 0 saturated heterocycles. The van der Waals surface area contributed by atoms with Gasteiger partial charge in [-0.1, -0.05) is 36.4 Å². The highest BCUT2D eigenvalue weighted by molar-refractivity contribution is 5.80. The van der Waals surface area contributed by atoms with Gasteiger partial charge in [0.25, 0.3) is 0 Å². The molecule has 0 unspecified atom stereocenters. The Morgan fingerprint density at radius 2 is 1.83 bits per heavy atom. The summed E-state index contributed by atoms with van der Waals surface area (Å²) in [5.41, 5.74) is 3.95. The van der Waals surface area contributed by atoms with Crippen molar-refractivity contribution in [1.29, 1.82) is 0 Å². The maximum atomic E-state index is 9.38. The van der Waals surface area contributed by atoms with Gasteiger partial charge in [-0.2, -0.15) is 0 Å². The number of hydrogen-bond donors (Lipinski definition) is 1. The minimum absolute atomic E-state index is 0.0106. The van der Waals surface area contributed by atoms with Crippen molar-refractivity contribution >= 4 is 11.0 Å². The lowest BCUT2D eigenvalue weighted by Gasteiger charge is -2.08. The molecule has 2 aromatic carbocycles. The number of furan rings is 1. The Balaban J connectivity index is 1.90. The first-order valence-corrected chi connectivity index (χ1v) is 7.95. The Bertz CT molecular complexity index is 983. The lowest BCUT2D eigenvalue weighted by molar-refractivity contribution is 0.282. The van der Waals surface area contributed by atoms with Gasteiger partial charge < -0.3 is 14.1 Å². The standard InChI is InChI=1S/C20H18N2O2/c1-14-7-10-19(24-14)20-21-17-11-16(13-23)8-9-18(17)22(20)12-15-5-3-2-4-6-15/h2-11,23H,12-13H2,1H3. The molecule has 0 bridgehead atoms. The molecule has 0 saturated carbocycles. The van der Waals surface area contributed by atoms with Gasteiger partial charge in [-0.15, -0.1) is 0 Å². The number of aromatic nitrogens is 2. The normalized spacial score (nSPS) is 11.2. The lowest BCUT2D eigenvalue weighted by atomic mass is 10.2. The monoisotopic (exact) mass is 318 g/mol. The van der Waals surface area contributed by atoms with E-state index in [9.17, 15) is 5.11 Å². The molecule has 0 amide bonds. The predicted octanol–water partition coefficient (Wildman–Crippen LogP) is 4.15. The van der Waals surface area contributed by atoms with Gasteiger partial charge in [-0.25, -0.2) is 4.98 Å². The van der Waals surface area contributed by atoms with Crippen LogP contribution in [0.2, 0.25) is 0 Å². The highest BCUT2D eigenvalue weighted by atomic mass is 16.3. The SMILES string of the molecule is Cc1ccc(-c2nc3cc(CO)ccc3n2Cc2ccccc2)o1. The van der Waals surface area contributed by atoms with Crippen molar-refractivity contribution in [2.75, 3.05) is 0 Å². The summed E-state index contributed by atoms with van der Waals surface area (Å²) >= 11 is 0. The zero-order valence-corrected chi connectivity index (χ0v) is 13.4. The van der Waals surface area contributed by atoms with Crippen molar-refractivity contribution in [3.05, 3.63) is 77.6 Å². The third-order valence-electron chi connectivity index (χ3n) is 4.14. The number of nitrogens with zero attached hydrogens (tertiary/aromatic N) is 2. The maximum Gasteiger partial charge on any atom is 0.177 e. The molecule has 4 aromatic rings. The van der Waals surface area contributed by atoms with Crippen molar-refractivity contribution in [2.24, 2.45) is 0 Å². The van der Waals surface area contributed by atoms with Crippen LogP contribution in [0.25, 0.3) is 22.6 Å². The molecule has 2 heterocycles. The van der Waals surface area contributed by atoms with E-state index >= 15 is 0 Å². The van der Waals surface area contributed by atoms with Crippen molar-refractivity contribution < 1.29 is 9.52 Å². The predicted molar refractivity (Wildman–Crippen MR) is 93.6 cm³/mol. The number of aliphatic hydroxyl groups is 1. The summed E-state index contributed by atoms with van der Waals surface area (Å²) < 4.78 is 7.96. The number of benzene rings is 2. The van der Waals surface area contributed by atoms with Gasteiger partial charge in [0.05, 0.1) is 17.6 Å². The zero-order chi connectivity index (χ0) is 16.5. The van der Waals surface area contributed by atoms with E-state index in [2.05, 4.69) is 16.7 Å². The summed E-state index contributed by atoms with van der Waals surface area (Å²) in [5, 5.41) is 9.38. The molecule has 24 heavy (non-hydrogen) atoms. The van der Waals surface area contributed by atoms with E-state index in [0.29, 0.717) is 6.54 Å². The van der Waals surface area contributed by atoms with Gasteiger partial charge in [-0.3, -0.25) is 0 Å². The first-order valence-electron chi connectivity index (χ1n) is 7.95. The summed E-state index contributed by atoms with van der Waals surface area (Å²) in [4.78, 5) is 4.76. The van der Waals surface area contributed by atoms with Gasteiger partial charge in [-0.05, 0) is 42.3 Å². The van der Waals surface area contributed by atoms with Crippen LogP contribution in [-0.2, 0) is 13.2 Å². The van der Waals surface area contributed by atoms with Gasteiger partial charge in [0.2, 0.25) is 0 Å². The average Bonchev–Trinajstić information content (AvgIpc) is 3.19. The second-order valence-corrected chi connectivity index (χ2v) is 5.90. The van der Waals surface area contributed by atoms with E-state index in [1.54, 1.807) is 0 Å². The number of fused-ring (bicyclic) bond motifs is 1. The summed E-state index contributed by atoms with van der Waals surface area (Å²) in [6.45, 7) is 2.65. The molecule has 0 aliphatic heterocycles. The average molecular weight is 318 g/mol. The van der Waals surface area contributed by atoms with Crippen LogP contribution in [0.5, 0.6) is 0 Å². The molecule has 120 valence electrons. The largest absolute Gasteiger partial charge is 0.458 e. The van der Waals surface area contributed by atoms with Crippen LogP contribution in [0.4, 0.5) is 0 Å². The van der Waals surface area contributed by atoms with Crippen LogP contribution in [0.1, 0.15) is 16.9 Å². The quantitative estimate of drug-likeness (QED) is 0.615. The molecule has 0 spiro atoms. The topological polar surface area (TPSA) is 51.2 Å². The van der Waals surface area contributed by atoms with Crippen LogP contribution in [-0.4, -0.2) is 14.7 Å². The third-order valence-corrected chi connectivity index (χ3v) is 4.14. The number of hydrogen-bond acceptors (Lipinski definition) is 3. The highest BCUT2D eigenvalue weighted by Crippen LogP contribution is 2.28. The zero-order valence-electron chi connectivity index (χ0n) is 13.4. The van der Waals surface area contributed by atoms with Crippen molar-refractivity contribution in [3.63, 3.8) is 0 Å². The van der Waals surface area contributed by atoms with E-state index in [-0.39, 0.29) is 6.61 Å². The molecule has 4 rings (SSSR count). The molecule has 4 nitrogen and oxygen atoms in total. The summed E-state index contributed by atoms with van der Waals surface area (Å²) in [6.07, 6.45) is 0. The molecule has 0 atom stereocenters. The third kappa shape index (κ3) is 2.61. The van der Waals surface area contributed by atoms with Gasteiger partial charge in [0.1, 0.15) is 5.76 Å². The molecule has 0 radical (unpaired) electrons. The Morgan fingerprint density at radius 3 is 2.54 bits per heavy atom. The molecule has 0 fully saturated rings. The number of imidazole rings is 1. The number of aliphatic hydroxyl groups excluding tert-OH is 1. The number of aryl methyl sites for hydroxylation is 1. The second kappa shape index (κ2) is 5.98. The Hall–Kier alpha value is -2.85. The molecular formula is C20H18N2O2. The fraction of sp³-hybridized carbons (Fsp3) is 0.150. The van der Waals surface area contributed by atoms with Crippen molar-refractivity contribution in [1.82, 2.24) is 9.55 Å². The van der Waals surface area contributed by atoms with Crippen LogP contribution in [0.3, 0.4) is 0 Å². The smallest absolute Gasteiger partial charge is 0.177 e. The van der Waals surface area contributed by atoms with E-state index in [0.717, 1.165) is 33.9 Å². The van der Waals surface area contributed by atoms with Crippen LogP contribution >= 0.6 is 0 Å². The number of rotatable bonds is 4. The minimum Gasteiger partial charge on any atom is -0.458 e. The summed E-state index contributed by atoms with van der Waals surface area (Å²) in [7, 11) is 0. The van der Waals surface area contributed by atoms with E-state index < -0.39 is 0 Å². The Labute approximate surface area is 140 Å². The molecule has 4 heteroatoms. The van der Waals surface area contributed by atoms with Gasteiger partial charge >= 0.3 is 0 Å². The second-order valence-electron chi connectivity index (χ2n) is 5.90. The molecular weight excluding hydrogens is 300 g/mol. The fourth-order valence-electron chi connectivity index (χ4n) is 2.94. The van der Waals surface area contributed by atoms with Crippen molar-refractivity contribution in [2.45, 2.75) is 20.1 Å².